The van der Waals surface area contributed by atoms with Gasteiger partial charge in [-0.15, -0.1) is 10.2 Å². The number of anilines is 1. The molecule has 1 saturated heterocycles. The molecule has 1 aliphatic heterocycles. The number of ether oxygens (including phenoxy) is 1. The van der Waals surface area contributed by atoms with Gasteiger partial charge in [0.2, 0.25) is 11.8 Å². The van der Waals surface area contributed by atoms with Crippen molar-refractivity contribution in [2.24, 2.45) is 0 Å². The van der Waals surface area contributed by atoms with Crippen LogP contribution in [-0.4, -0.2) is 54.3 Å². The maximum atomic E-state index is 11.8. The number of rotatable bonds is 4. The number of carbonyl (C=O) groups excluding carboxylic acids is 1. The summed E-state index contributed by atoms with van der Waals surface area (Å²) in [5.41, 5.74) is 0. The zero-order chi connectivity index (χ0) is 13.7. The molecule has 1 fully saturated rings. The van der Waals surface area contributed by atoms with Gasteiger partial charge < -0.3 is 14.5 Å². The number of amides is 1. The number of carbonyl (C=O) groups is 1. The quantitative estimate of drug-likeness (QED) is 0.810. The minimum Gasteiger partial charge on any atom is -0.480 e. The molecule has 6 heteroatoms. The Morgan fingerprint density at radius 2 is 2.00 bits per heavy atom. The zero-order valence-corrected chi connectivity index (χ0v) is 11.5. The molecule has 1 amide bonds. The number of aromatic nitrogens is 2. The fraction of sp³-hybridized carbons (Fsp3) is 0.615. The second-order valence-corrected chi connectivity index (χ2v) is 4.55. The molecule has 6 nitrogen and oxygen atoms in total. The van der Waals surface area contributed by atoms with Crippen molar-refractivity contribution in [1.82, 2.24) is 15.1 Å². The predicted molar refractivity (Wildman–Crippen MR) is 72.3 cm³/mol. The van der Waals surface area contributed by atoms with Gasteiger partial charge in [0.25, 0.3) is 0 Å². The van der Waals surface area contributed by atoms with Crippen molar-refractivity contribution >= 4 is 11.7 Å². The molecule has 1 aromatic heterocycles. The Bertz CT molecular complexity index is 413. The Balaban J connectivity index is 1.90. The molecule has 2 heterocycles. The molecule has 1 aromatic rings. The summed E-state index contributed by atoms with van der Waals surface area (Å²) in [6.07, 6.45) is 1.55. The molecule has 0 radical (unpaired) electrons. The Morgan fingerprint density at radius 3 is 2.53 bits per heavy atom. The summed E-state index contributed by atoms with van der Waals surface area (Å²) >= 11 is 0. The molecule has 0 atom stereocenters. The Morgan fingerprint density at radius 1 is 1.26 bits per heavy atom. The van der Waals surface area contributed by atoms with Gasteiger partial charge in [0.15, 0.2) is 5.82 Å². The summed E-state index contributed by atoms with van der Waals surface area (Å²) < 4.78 is 4.99. The van der Waals surface area contributed by atoms with Gasteiger partial charge in [-0.25, -0.2) is 0 Å². The second kappa shape index (κ2) is 6.36. The van der Waals surface area contributed by atoms with E-state index in [1.807, 2.05) is 17.9 Å². The largest absolute Gasteiger partial charge is 0.480 e. The molecule has 0 spiro atoms. The van der Waals surface area contributed by atoms with E-state index in [-0.39, 0.29) is 5.91 Å². The van der Waals surface area contributed by atoms with Crippen LogP contribution in [0.2, 0.25) is 0 Å². The molecule has 0 saturated carbocycles. The highest BCUT2D eigenvalue weighted by Gasteiger charge is 2.21. The molecule has 2 rings (SSSR count). The minimum absolute atomic E-state index is 0.253. The molecule has 0 unspecified atom stereocenters. The van der Waals surface area contributed by atoms with E-state index in [0.29, 0.717) is 12.3 Å². The van der Waals surface area contributed by atoms with Crippen LogP contribution in [0, 0.1) is 0 Å². The summed E-state index contributed by atoms with van der Waals surface area (Å²) in [7, 11) is 1.57. The van der Waals surface area contributed by atoms with Crippen LogP contribution in [0.25, 0.3) is 0 Å². The Kier molecular flexibility index (Phi) is 4.54. The maximum absolute atomic E-state index is 11.8. The van der Waals surface area contributed by atoms with Crippen molar-refractivity contribution in [2.75, 3.05) is 38.2 Å². The molecular weight excluding hydrogens is 244 g/mol. The molecule has 19 heavy (non-hydrogen) atoms. The average molecular weight is 264 g/mol. The van der Waals surface area contributed by atoms with E-state index < -0.39 is 0 Å². The van der Waals surface area contributed by atoms with Gasteiger partial charge in [-0.3, -0.25) is 4.79 Å². The lowest BCUT2D eigenvalue weighted by molar-refractivity contribution is -0.131. The van der Waals surface area contributed by atoms with Crippen LogP contribution in [0.15, 0.2) is 12.1 Å². The van der Waals surface area contributed by atoms with Crippen molar-refractivity contribution < 1.29 is 9.53 Å². The highest BCUT2D eigenvalue weighted by Crippen LogP contribution is 2.15. The third-order valence-corrected chi connectivity index (χ3v) is 3.26. The Hall–Kier alpha value is -1.85. The van der Waals surface area contributed by atoms with E-state index in [9.17, 15) is 4.79 Å². The monoisotopic (exact) mass is 264 g/mol. The highest BCUT2D eigenvalue weighted by molar-refractivity contribution is 5.76. The van der Waals surface area contributed by atoms with Crippen molar-refractivity contribution in [2.45, 2.75) is 19.8 Å². The lowest BCUT2D eigenvalue weighted by atomic mass is 10.2. The van der Waals surface area contributed by atoms with Crippen molar-refractivity contribution in [3.63, 3.8) is 0 Å². The maximum Gasteiger partial charge on any atom is 0.233 e. The van der Waals surface area contributed by atoms with Crippen LogP contribution >= 0.6 is 0 Å². The predicted octanol–water partition coefficient (Wildman–Crippen LogP) is 0.934. The second-order valence-electron chi connectivity index (χ2n) is 4.55. The van der Waals surface area contributed by atoms with Crippen LogP contribution in [-0.2, 0) is 4.79 Å². The fourth-order valence-electron chi connectivity index (χ4n) is 2.15. The van der Waals surface area contributed by atoms with E-state index in [0.717, 1.165) is 38.4 Å². The van der Waals surface area contributed by atoms with E-state index in [4.69, 9.17) is 4.74 Å². The lowest BCUT2D eigenvalue weighted by Crippen LogP contribution is -2.49. The lowest BCUT2D eigenvalue weighted by Gasteiger charge is -2.35. The van der Waals surface area contributed by atoms with E-state index in [2.05, 4.69) is 15.1 Å². The molecule has 104 valence electrons. The zero-order valence-electron chi connectivity index (χ0n) is 11.5. The SMILES string of the molecule is CCCC(=O)N1CCN(c2ccc(OC)nn2)CC1. The van der Waals surface area contributed by atoms with Gasteiger partial charge >= 0.3 is 0 Å². The first-order chi connectivity index (χ1) is 9.24. The Labute approximate surface area is 113 Å². The number of piperazine rings is 1. The number of hydrogen-bond donors (Lipinski definition) is 0. The number of nitrogens with zero attached hydrogens (tertiary/aromatic N) is 4. The summed E-state index contributed by atoms with van der Waals surface area (Å²) in [6.45, 7) is 5.15. The molecule has 0 aromatic carbocycles. The first-order valence-corrected chi connectivity index (χ1v) is 6.65. The van der Waals surface area contributed by atoms with Crippen molar-refractivity contribution in [1.29, 1.82) is 0 Å². The van der Waals surface area contributed by atoms with Crippen LogP contribution in [0.5, 0.6) is 5.88 Å². The third kappa shape index (κ3) is 3.33. The topological polar surface area (TPSA) is 58.6 Å². The first kappa shape index (κ1) is 13.6. The van der Waals surface area contributed by atoms with E-state index >= 15 is 0 Å². The summed E-state index contributed by atoms with van der Waals surface area (Å²) in [5.74, 6) is 1.60. The van der Waals surface area contributed by atoms with Crippen LogP contribution in [0.4, 0.5) is 5.82 Å². The van der Waals surface area contributed by atoms with Gasteiger partial charge in [0.05, 0.1) is 7.11 Å². The van der Waals surface area contributed by atoms with Crippen molar-refractivity contribution in [3.8, 4) is 5.88 Å². The first-order valence-electron chi connectivity index (χ1n) is 6.65. The van der Waals surface area contributed by atoms with Gasteiger partial charge in [0, 0.05) is 38.7 Å². The van der Waals surface area contributed by atoms with Gasteiger partial charge in [0.1, 0.15) is 0 Å². The molecular formula is C13H20N4O2. The van der Waals surface area contributed by atoms with Gasteiger partial charge in [-0.05, 0) is 12.5 Å². The van der Waals surface area contributed by atoms with E-state index in [1.54, 1.807) is 13.2 Å². The van der Waals surface area contributed by atoms with Gasteiger partial charge in [-0.1, -0.05) is 6.92 Å². The van der Waals surface area contributed by atoms with Crippen LogP contribution in [0.1, 0.15) is 19.8 Å². The smallest absolute Gasteiger partial charge is 0.233 e. The standard InChI is InChI=1S/C13H20N4O2/c1-3-4-13(18)17-9-7-16(8-10-17)11-5-6-12(19-2)15-14-11/h5-6H,3-4,7-10H2,1-2H3. The minimum atomic E-state index is 0.253. The van der Waals surface area contributed by atoms with Crippen molar-refractivity contribution in [3.05, 3.63) is 12.1 Å². The van der Waals surface area contributed by atoms with Gasteiger partial charge in [-0.2, -0.15) is 0 Å². The highest BCUT2D eigenvalue weighted by atomic mass is 16.5. The molecule has 1 aliphatic rings. The molecule has 0 N–H and O–H groups in total. The van der Waals surface area contributed by atoms with Crippen LogP contribution in [0.3, 0.4) is 0 Å². The normalized spacial score (nSPS) is 15.5. The summed E-state index contributed by atoms with van der Waals surface area (Å²) in [6, 6.07) is 3.70. The van der Waals surface area contributed by atoms with Crippen LogP contribution < -0.4 is 9.64 Å². The summed E-state index contributed by atoms with van der Waals surface area (Å²) in [4.78, 5) is 15.9. The number of methoxy groups -OCH3 is 1. The molecule has 0 bridgehead atoms. The average Bonchev–Trinajstić information content (AvgIpc) is 2.48. The fourth-order valence-corrected chi connectivity index (χ4v) is 2.15. The third-order valence-electron chi connectivity index (χ3n) is 3.26. The van der Waals surface area contributed by atoms with E-state index in [1.165, 1.54) is 0 Å². The molecule has 0 aliphatic carbocycles. The number of hydrogen-bond acceptors (Lipinski definition) is 5. The summed E-state index contributed by atoms with van der Waals surface area (Å²) in [5, 5.41) is 8.09.